The van der Waals surface area contributed by atoms with Gasteiger partial charge in [-0.15, -0.1) is 0 Å². The van der Waals surface area contributed by atoms with E-state index >= 15 is 0 Å². The molecule has 2 amide bonds. The highest BCUT2D eigenvalue weighted by molar-refractivity contribution is 6.30. The van der Waals surface area contributed by atoms with E-state index < -0.39 is 0 Å². The van der Waals surface area contributed by atoms with Gasteiger partial charge in [-0.1, -0.05) is 24.6 Å². The maximum atomic E-state index is 12.4. The molecule has 0 radical (unpaired) electrons. The average molecular weight is 347 g/mol. The van der Waals surface area contributed by atoms with Crippen molar-refractivity contribution >= 4 is 29.1 Å². The third-order valence-electron chi connectivity index (χ3n) is 4.23. The summed E-state index contributed by atoms with van der Waals surface area (Å²) in [7, 11) is 1.71. The molecule has 1 fully saturated rings. The van der Waals surface area contributed by atoms with Crippen molar-refractivity contribution in [3.05, 3.63) is 41.2 Å². The minimum atomic E-state index is -0.318. The fourth-order valence-electron chi connectivity index (χ4n) is 2.92. The minimum absolute atomic E-state index is 0.000451. The lowest BCUT2D eigenvalue weighted by molar-refractivity contribution is -0.127. The molecule has 24 heavy (non-hydrogen) atoms. The molecule has 2 heterocycles. The highest BCUT2D eigenvalue weighted by Gasteiger charge is 2.32. The topological polar surface area (TPSA) is 67.2 Å². The van der Waals surface area contributed by atoms with Gasteiger partial charge in [-0.3, -0.25) is 9.59 Å². The number of benzene rings is 1. The molecule has 1 N–H and O–H groups in total. The second-order valence-corrected chi connectivity index (χ2v) is 6.35. The van der Waals surface area contributed by atoms with Gasteiger partial charge in [-0.25, -0.2) is 4.68 Å². The third kappa shape index (κ3) is 3.14. The summed E-state index contributed by atoms with van der Waals surface area (Å²) < 4.78 is 1.77. The molecule has 1 aliphatic heterocycles. The maximum Gasteiger partial charge on any atom is 0.229 e. The first-order valence-corrected chi connectivity index (χ1v) is 8.25. The number of aromatic nitrogens is 2. The molecule has 1 unspecified atom stereocenters. The summed E-state index contributed by atoms with van der Waals surface area (Å²) in [6.07, 6.45) is 2.59. The number of likely N-dealkylation sites (tertiary alicyclic amines) is 1. The molecular formula is C17H19ClN4O2. The Morgan fingerprint density at radius 1 is 1.46 bits per heavy atom. The van der Waals surface area contributed by atoms with Gasteiger partial charge < -0.3 is 10.2 Å². The third-order valence-corrected chi connectivity index (χ3v) is 4.46. The first kappa shape index (κ1) is 16.5. The number of nitrogens with one attached hydrogen (secondary N) is 1. The SMILES string of the molecule is CCc1c(NC(=O)C2CC(=O)N(C)C2)cnn1-c1cccc(Cl)c1. The van der Waals surface area contributed by atoms with Crippen LogP contribution in [-0.4, -0.2) is 40.1 Å². The van der Waals surface area contributed by atoms with E-state index in [-0.39, 0.29) is 24.2 Å². The Labute approximate surface area is 145 Å². The predicted molar refractivity (Wildman–Crippen MR) is 92.3 cm³/mol. The van der Waals surface area contributed by atoms with Crippen LogP contribution in [0.15, 0.2) is 30.5 Å². The molecule has 2 aromatic rings. The van der Waals surface area contributed by atoms with Gasteiger partial charge >= 0.3 is 0 Å². The van der Waals surface area contributed by atoms with Gasteiger partial charge in [0, 0.05) is 25.0 Å². The number of nitrogens with zero attached hydrogens (tertiary/aromatic N) is 3. The molecule has 0 aliphatic carbocycles. The zero-order valence-electron chi connectivity index (χ0n) is 13.6. The largest absolute Gasteiger partial charge is 0.345 e. The van der Waals surface area contributed by atoms with Gasteiger partial charge in [0.2, 0.25) is 11.8 Å². The summed E-state index contributed by atoms with van der Waals surface area (Å²) in [5.41, 5.74) is 2.41. The van der Waals surface area contributed by atoms with Gasteiger partial charge in [-0.2, -0.15) is 5.10 Å². The van der Waals surface area contributed by atoms with Crippen molar-refractivity contribution < 1.29 is 9.59 Å². The van der Waals surface area contributed by atoms with Crippen LogP contribution in [0.1, 0.15) is 19.0 Å². The predicted octanol–water partition coefficient (Wildman–Crippen LogP) is 2.50. The summed E-state index contributed by atoms with van der Waals surface area (Å²) in [5, 5.41) is 7.92. The summed E-state index contributed by atoms with van der Waals surface area (Å²) in [6.45, 7) is 2.45. The van der Waals surface area contributed by atoms with Crippen LogP contribution in [0, 0.1) is 5.92 Å². The molecule has 3 rings (SSSR count). The molecule has 0 spiro atoms. The summed E-state index contributed by atoms with van der Waals surface area (Å²) >= 11 is 6.05. The van der Waals surface area contributed by atoms with Crippen molar-refractivity contribution in [1.29, 1.82) is 0 Å². The average Bonchev–Trinajstić information content (AvgIpc) is 3.11. The van der Waals surface area contributed by atoms with Gasteiger partial charge in [0.05, 0.1) is 29.2 Å². The zero-order valence-corrected chi connectivity index (χ0v) is 14.4. The Morgan fingerprint density at radius 3 is 2.88 bits per heavy atom. The van der Waals surface area contributed by atoms with Gasteiger partial charge in [0.15, 0.2) is 0 Å². The Balaban J connectivity index is 1.82. The van der Waals surface area contributed by atoms with E-state index in [1.807, 2.05) is 25.1 Å². The monoisotopic (exact) mass is 346 g/mol. The zero-order chi connectivity index (χ0) is 17.3. The Hall–Kier alpha value is -2.34. The Bertz CT molecular complexity index is 787. The number of hydrogen-bond donors (Lipinski definition) is 1. The van der Waals surface area contributed by atoms with E-state index in [9.17, 15) is 9.59 Å². The van der Waals surface area contributed by atoms with Gasteiger partial charge in [0.1, 0.15) is 0 Å². The van der Waals surface area contributed by atoms with Crippen molar-refractivity contribution in [3.8, 4) is 5.69 Å². The molecular weight excluding hydrogens is 328 g/mol. The van der Waals surface area contributed by atoms with E-state index in [1.165, 1.54) is 0 Å². The molecule has 1 aliphatic rings. The molecule has 7 heteroatoms. The van der Waals surface area contributed by atoms with Crippen molar-refractivity contribution in [3.63, 3.8) is 0 Å². The van der Waals surface area contributed by atoms with E-state index in [2.05, 4.69) is 10.4 Å². The normalized spacial score (nSPS) is 17.4. The number of amides is 2. The first-order valence-electron chi connectivity index (χ1n) is 7.87. The van der Waals surface area contributed by atoms with E-state index in [4.69, 9.17) is 11.6 Å². The van der Waals surface area contributed by atoms with Crippen LogP contribution >= 0.6 is 11.6 Å². The van der Waals surface area contributed by atoms with Crippen LogP contribution in [0.2, 0.25) is 5.02 Å². The fourth-order valence-corrected chi connectivity index (χ4v) is 3.11. The van der Waals surface area contributed by atoms with Crippen LogP contribution in [0.5, 0.6) is 0 Å². The van der Waals surface area contributed by atoms with Crippen LogP contribution in [0.25, 0.3) is 5.69 Å². The second kappa shape index (κ2) is 6.65. The van der Waals surface area contributed by atoms with Crippen molar-refractivity contribution in [2.75, 3.05) is 18.9 Å². The van der Waals surface area contributed by atoms with E-state index in [0.29, 0.717) is 23.7 Å². The lowest BCUT2D eigenvalue weighted by atomic mass is 10.1. The number of carbonyl (C=O) groups is 2. The highest BCUT2D eigenvalue weighted by atomic mass is 35.5. The molecule has 126 valence electrons. The van der Waals surface area contributed by atoms with Crippen LogP contribution in [0.4, 0.5) is 5.69 Å². The number of halogens is 1. The Morgan fingerprint density at radius 2 is 2.25 bits per heavy atom. The van der Waals surface area contributed by atoms with E-state index in [0.717, 1.165) is 11.4 Å². The molecule has 1 aromatic heterocycles. The summed E-state index contributed by atoms with van der Waals surface area (Å²) in [4.78, 5) is 25.6. The minimum Gasteiger partial charge on any atom is -0.345 e. The van der Waals surface area contributed by atoms with Crippen LogP contribution < -0.4 is 5.32 Å². The number of anilines is 1. The van der Waals surface area contributed by atoms with Gasteiger partial charge in [0.25, 0.3) is 0 Å². The standard InChI is InChI=1S/C17H19ClN4O2/c1-3-15-14(20-17(24)11-7-16(23)21(2)10-11)9-19-22(15)13-6-4-5-12(18)8-13/h4-6,8-9,11H,3,7,10H2,1-2H3,(H,20,24). The van der Waals surface area contributed by atoms with Crippen molar-refractivity contribution in [2.45, 2.75) is 19.8 Å². The molecule has 6 nitrogen and oxygen atoms in total. The molecule has 0 saturated carbocycles. The smallest absolute Gasteiger partial charge is 0.229 e. The quantitative estimate of drug-likeness (QED) is 0.925. The van der Waals surface area contributed by atoms with Crippen molar-refractivity contribution in [2.24, 2.45) is 5.92 Å². The first-order chi connectivity index (χ1) is 11.5. The number of carbonyl (C=O) groups excluding carboxylic acids is 2. The van der Waals surface area contributed by atoms with Crippen LogP contribution in [0.3, 0.4) is 0 Å². The fraction of sp³-hybridized carbons (Fsp3) is 0.353. The van der Waals surface area contributed by atoms with E-state index in [1.54, 1.807) is 28.9 Å². The lowest BCUT2D eigenvalue weighted by Crippen LogP contribution is -2.26. The molecule has 1 saturated heterocycles. The lowest BCUT2D eigenvalue weighted by Gasteiger charge is -2.12. The summed E-state index contributed by atoms with van der Waals surface area (Å²) in [6, 6.07) is 7.39. The number of rotatable bonds is 4. The Kier molecular flexibility index (Phi) is 4.57. The van der Waals surface area contributed by atoms with Crippen LogP contribution in [-0.2, 0) is 16.0 Å². The molecule has 1 aromatic carbocycles. The second-order valence-electron chi connectivity index (χ2n) is 5.91. The van der Waals surface area contributed by atoms with Crippen molar-refractivity contribution in [1.82, 2.24) is 14.7 Å². The molecule has 1 atom stereocenters. The molecule has 0 bridgehead atoms. The summed E-state index contributed by atoms with van der Waals surface area (Å²) in [5.74, 6) is -0.463. The number of hydrogen-bond acceptors (Lipinski definition) is 3. The van der Waals surface area contributed by atoms with Gasteiger partial charge in [-0.05, 0) is 24.6 Å². The maximum absolute atomic E-state index is 12.4. The highest BCUT2D eigenvalue weighted by Crippen LogP contribution is 2.24.